The van der Waals surface area contributed by atoms with Crippen molar-refractivity contribution < 1.29 is 0 Å². The van der Waals surface area contributed by atoms with Crippen molar-refractivity contribution in [1.29, 1.82) is 0 Å². The zero-order valence-electron chi connectivity index (χ0n) is 14.1. The number of rotatable bonds is 3. The highest BCUT2D eigenvalue weighted by Crippen LogP contribution is 2.28. The van der Waals surface area contributed by atoms with Gasteiger partial charge >= 0.3 is 0 Å². The van der Waals surface area contributed by atoms with Gasteiger partial charge in [0.05, 0.1) is 0 Å². The van der Waals surface area contributed by atoms with E-state index < -0.39 is 0 Å². The largest absolute Gasteiger partial charge is 0.361 e. The van der Waals surface area contributed by atoms with Crippen LogP contribution in [0.5, 0.6) is 0 Å². The lowest BCUT2D eigenvalue weighted by molar-refractivity contribution is 0.196. The molecule has 0 aliphatic carbocycles. The van der Waals surface area contributed by atoms with Crippen LogP contribution in [-0.2, 0) is 6.54 Å². The molecule has 25 heavy (non-hydrogen) atoms. The molecule has 0 amide bonds. The van der Waals surface area contributed by atoms with E-state index in [1.165, 1.54) is 29.3 Å². The van der Waals surface area contributed by atoms with Crippen LogP contribution in [0, 0.1) is 0 Å². The molecule has 0 bridgehead atoms. The van der Waals surface area contributed by atoms with Gasteiger partial charge in [-0.15, -0.1) is 10.2 Å². The van der Waals surface area contributed by atoms with Gasteiger partial charge in [0.2, 0.25) is 0 Å². The minimum absolute atomic E-state index is 0.441. The first-order chi connectivity index (χ1) is 12.4. The first-order valence-electron chi connectivity index (χ1n) is 8.95. The number of hydrogen-bond acceptors (Lipinski definition) is 3. The number of aromatic nitrogens is 4. The Morgan fingerprint density at radius 1 is 1.08 bits per heavy atom. The van der Waals surface area contributed by atoms with E-state index in [2.05, 4.69) is 54.9 Å². The molecule has 4 heterocycles. The Balaban J connectivity index is 1.40. The van der Waals surface area contributed by atoms with Crippen molar-refractivity contribution in [1.82, 2.24) is 24.5 Å². The third-order valence-electron chi connectivity index (χ3n) is 5.29. The maximum atomic E-state index is 4.48. The molecule has 1 saturated heterocycles. The number of nitrogens with one attached hydrogen (secondary N) is 1. The summed E-state index contributed by atoms with van der Waals surface area (Å²) >= 11 is 0. The molecule has 0 radical (unpaired) electrons. The van der Waals surface area contributed by atoms with E-state index >= 15 is 0 Å². The third-order valence-corrected chi connectivity index (χ3v) is 5.29. The Hall–Kier alpha value is -2.66. The molecule has 5 heteroatoms. The summed E-state index contributed by atoms with van der Waals surface area (Å²) in [5, 5.41) is 10.1. The Morgan fingerprint density at radius 3 is 3.08 bits per heavy atom. The van der Waals surface area contributed by atoms with E-state index in [0.29, 0.717) is 5.92 Å². The van der Waals surface area contributed by atoms with Gasteiger partial charge in [0.1, 0.15) is 5.82 Å². The van der Waals surface area contributed by atoms with Crippen LogP contribution in [-0.4, -0.2) is 37.6 Å². The van der Waals surface area contributed by atoms with Crippen LogP contribution in [0.15, 0.2) is 54.9 Å². The van der Waals surface area contributed by atoms with Crippen LogP contribution in [0.1, 0.15) is 30.1 Å². The molecule has 4 aromatic rings. The first kappa shape index (κ1) is 14.7. The van der Waals surface area contributed by atoms with Gasteiger partial charge < -0.3 is 4.98 Å². The molecule has 1 aliphatic rings. The number of H-pyrrole nitrogens is 1. The summed E-state index contributed by atoms with van der Waals surface area (Å²) in [7, 11) is 0. The molecule has 1 aliphatic heterocycles. The average Bonchev–Trinajstić information content (AvgIpc) is 3.29. The van der Waals surface area contributed by atoms with Crippen molar-refractivity contribution in [3.8, 4) is 0 Å². The van der Waals surface area contributed by atoms with E-state index in [9.17, 15) is 0 Å². The number of pyridine rings is 1. The van der Waals surface area contributed by atoms with E-state index in [0.717, 1.165) is 31.1 Å². The number of piperidine rings is 1. The smallest absolute Gasteiger partial charge is 0.160 e. The summed E-state index contributed by atoms with van der Waals surface area (Å²) in [5.74, 6) is 1.54. The molecule has 3 aromatic heterocycles. The lowest BCUT2D eigenvalue weighted by Gasteiger charge is -2.32. The van der Waals surface area contributed by atoms with Crippen molar-refractivity contribution in [3.05, 3.63) is 66.2 Å². The fourth-order valence-corrected chi connectivity index (χ4v) is 4.08. The van der Waals surface area contributed by atoms with Crippen LogP contribution < -0.4 is 0 Å². The zero-order valence-corrected chi connectivity index (χ0v) is 14.1. The molecule has 1 fully saturated rings. The van der Waals surface area contributed by atoms with E-state index in [-0.39, 0.29) is 0 Å². The van der Waals surface area contributed by atoms with Crippen molar-refractivity contribution >= 4 is 16.6 Å². The summed E-state index contributed by atoms with van der Waals surface area (Å²) in [4.78, 5) is 5.86. The van der Waals surface area contributed by atoms with Gasteiger partial charge in [-0.1, -0.05) is 18.2 Å². The molecule has 1 aromatic carbocycles. The predicted octanol–water partition coefficient (Wildman–Crippen LogP) is 3.59. The summed E-state index contributed by atoms with van der Waals surface area (Å²) in [6.45, 7) is 3.17. The number of nitrogens with zero attached hydrogens (tertiary/aromatic N) is 4. The maximum Gasteiger partial charge on any atom is 0.160 e. The van der Waals surface area contributed by atoms with Crippen LogP contribution in [0.25, 0.3) is 16.6 Å². The highest BCUT2D eigenvalue weighted by Gasteiger charge is 2.25. The highest BCUT2D eigenvalue weighted by atomic mass is 15.3. The number of hydrogen-bond donors (Lipinski definition) is 1. The molecule has 1 unspecified atom stereocenters. The van der Waals surface area contributed by atoms with Crippen molar-refractivity contribution in [3.63, 3.8) is 0 Å². The number of benzene rings is 1. The van der Waals surface area contributed by atoms with E-state index in [1.807, 2.05) is 24.4 Å². The minimum Gasteiger partial charge on any atom is -0.361 e. The molecule has 0 saturated carbocycles. The van der Waals surface area contributed by atoms with Crippen LogP contribution in [0.2, 0.25) is 0 Å². The van der Waals surface area contributed by atoms with E-state index in [4.69, 9.17) is 0 Å². The maximum absolute atomic E-state index is 4.48. The van der Waals surface area contributed by atoms with Crippen molar-refractivity contribution in [2.24, 2.45) is 0 Å². The minimum atomic E-state index is 0.441. The molecule has 5 nitrogen and oxygen atoms in total. The fourth-order valence-electron chi connectivity index (χ4n) is 4.08. The molecular formula is C20H21N5. The Morgan fingerprint density at radius 2 is 2.08 bits per heavy atom. The van der Waals surface area contributed by atoms with E-state index in [1.54, 1.807) is 0 Å². The third kappa shape index (κ3) is 2.61. The second-order valence-electron chi connectivity index (χ2n) is 6.92. The Kier molecular flexibility index (Phi) is 3.52. The molecule has 5 rings (SSSR count). The SMILES string of the molecule is c1cc(CN2CCCC(c3nnc4ccccn34)C2)c2cc[nH]c2c1. The topological polar surface area (TPSA) is 49.2 Å². The second-order valence-corrected chi connectivity index (χ2v) is 6.92. The standard InChI is InChI=1S/C20H21N5/c1-2-12-25-19(8-1)22-23-20(25)16-6-4-11-24(14-16)13-15-5-3-7-18-17(15)9-10-21-18/h1-3,5,7-10,12,16,21H,4,6,11,13-14H2. The zero-order chi connectivity index (χ0) is 16.6. The lowest BCUT2D eigenvalue weighted by atomic mass is 9.96. The van der Waals surface area contributed by atoms with Gasteiger partial charge in [0.25, 0.3) is 0 Å². The van der Waals surface area contributed by atoms with Crippen LogP contribution in [0.4, 0.5) is 0 Å². The van der Waals surface area contributed by atoms with Gasteiger partial charge in [0.15, 0.2) is 5.65 Å². The van der Waals surface area contributed by atoms with Crippen LogP contribution >= 0.6 is 0 Å². The van der Waals surface area contributed by atoms with Gasteiger partial charge in [0, 0.05) is 42.3 Å². The summed E-state index contributed by atoms with van der Waals surface area (Å²) in [5.41, 5.74) is 3.55. The lowest BCUT2D eigenvalue weighted by Crippen LogP contribution is -2.34. The van der Waals surface area contributed by atoms with Gasteiger partial charge in [-0.05, 0) is 49.2 Å². The van der Waals surface area contributed by atoms with Gasteiger partial charge in [-0.3, -0.25) is 9.30 Å². The van der Waals surface area contributed by atoms with Gasteiger partial charge in [-0.25, -0.2) is 0 Å². The van der Waals surface area contributed by atoms with Gasteiger partial charge in [-0.2, -0.15) is 0 Å². The first-order valence-corrected chi connectivity index (χ1v) is 8.95. The number of fused-ring (bicyclic) bond motifs is 2. The molecular weight excluding hydrogens is 310 g/mol. The summed E-state index contributed by atoms with van der Waals surface area (Å²) < 4.78 is 2.14. The normalized spacial score (nSPS) is 19.0. The number of likely N-dealkylation sites (tertiary alicyclic amines) is 1. The average molecular weight is 331 g/mol. The molecule has 0 spiro atoms. The van der Waals surface area contributed by atoms with Crippen molar-refractivity contribution in [2.75, 3.05) is 13.1 Å². The fraction of sp³-hybridized carbons (Fsp3) is 0.300. The molecule has 1 atom stereocenters. The molecule has 1 N–H and O–H groups in total. The van der Waals surface area contributed by atoms with Crippen molar-refractivity contribution in [2.45, 2.75) is 25.3 Å². The predicted molar refractivity (Wildman–Crippen MR) is 98.5 cm³/mol. The highest BCUT2D eigenvalue weighted by molar-refractivity contribution is 5.82. The Labute approximate surface area is 146 Å². The monoisotopic (exact) mass is 331 g/mol. The Bertz CT molecular complexity index is 1010. The summed E-state index contributed by atoms with van der Waals surface area (Å²) in [6.07, 6.45) is 6.48. The summed E-state index contributed by atoms with van der Waals surface area (Å²) in [6, 6.07) is 14.8. The quantitative estimate of drug-likeness (QED) is 0.624. The second kappa shape index (κ2) is 6.01. The number of aromatic amines is 1. The van der Waals surface area contributed by atoms with Crippen LogP contribution in [0.3, 0.4) is 0 Å². The molecule has 126 valence electrons.